The number of aromatic amines is 1. The fourth-order valence-corrected chi connectivity index (χ4v) is 8.78. The van der Waals surface area contributed by atoms with Crippen LogP contribution in [0.25, 0.3) is 22.3 Å². The van der Waals surface area contributed by atoms with Gasteiger partial charge >= 0.3 is 13.6 Å². The summed E-state index contributed by atoms with van der Waals surface area (Å²) >= 11 is 8.25. The molecule has 0 spiro atoms. The van der Waals surface area contributed by atoms with E-state index in [4.69, 9.17) is 43.8 Å². The minimum atomic E-state index is -4.47. The Balaban J connectivity index is 1.24. The van der Waals surface area contributed by atoms with Crippen LogP contribution in [-0.2, 0) is 41.4 Å². The summed E-state index contributed by atoms with van der Waals surface area (Å²) in [6, 6.07) is 0. The highest BCUT2D eigenvalue weighted by molar-refractivity contribution is 8.44. The third-order valence-corrected chi connectivity index (χ3v) is 11.1. The highest BCUT2D eigenvalue weighted by atomic mass is 32.7. The van der Waals surface area contributed by atoms with Gasteiger partial charge < -0.3 is 25.7 Å². The highest BCUT2D eigenvalue weighted by Gasteiger charge is 2.59. The van der Waals surface area contributed by atoms with E-state index >= 15 is 4.39 Å². The first-order valence-electron chi connectivity index (χ1n) is 13.7. The number of ether oxygens (including phenoxy) is 3. The number of rotatable bonds is 3. The molecule has 4 aromatic heterocycles. The van der Waals surface area contributed by atoms with Crippen molar-refractivity contribution < 1.29 is 45.8 Å². The van der Waals surface area contributed by atoms with E-state index in [2.05, 4.69) is 54.4 Å². The third kappa shape index (κ3) is 5.76. The molecule has 25 heteroatoms. The molecule has 254 valence electrons. The van der Waals surface area contributed by atoms with E-state index in [9.17, 15) is 13.9 Å². The standard InChI is InChI=1S/C22H27FN10O10P2S2/c1-22-4-39-45(36,47)42-12-9(23)8(40-19(12)33-7-29-11-17(33)30-21(25)31-18(11)34)3-38-44(35,46)43-14(22)13(37-2)20(41-22)32-6-28-10-15(24)26-5-27-16(10)32/h5-9,12-14,19-20H,3-4H2,1-2H3,(H,35,46)(H,36,47)(H2,24,26,27)(H3,25,30,31,34)/t8-,9-,12-,13-,14+,19-,20-,22-,44-,45-/m1/s1. The maximum atomic E-state index is 16.0. The Morgan fingerprint density at radius 2 is 1.74 bits per heavy atom. The number of hydrogen-bond donors (Lipinski definition) is 5. The lowest BCUT2D eigenvalue weighted by molar-refractivity contribution is -0.112. The van der Waals surface area contributed by atoms with Crippen LogP contribution >= 0.6 is 38.1 Å². The lowest BCUT2D eigenvalue weighted by atomic mass is 9.98. The Morgan fingerprint density at radius 1 is 1.04 bits per heavy atom. The van der Waals surface area contributed by atoms with Gasteiger partial charge in [0, 0.05) is 7.11 Å². The van der Waals surface area contributed by atoms with Gasteiger partial charge in [-0.1, -0.05) is 24.5 Å². The predicted octanol–water partition coefficient (Wildman–Crippen LogP) is 1.55. The molecule has 0 unspecified atom stereocenters. The predicted molar refractivity (Wildman–Crippen MR) is 165 cm³/mol. The molecule has 0 aromatic carbocycles. The zero-order valence-corrected chi connectivity index (χ0v) is 27.8. The monoisotopic (exact) mass is 736 g/mol. The van der Waals surface area contributed by atoms with E-state index in [-0.39, 0.29) is 34.1 Å². The molecular formula is C22H27FN10O10P2S2. The lowest BCUT2D eigenvalue weighted by Gasteiger charge is -2.33. The third-order valence-electron chi connectivity index (χ3n) is 7.91. The van der Waals surface area contributed by atoms with Gasteiger partial charge in [0.2, 0.25) is 5.95 Å². The van der Waals surface area contributed by atoms with Gasteiger partial charge in [0.15, 0.2) is 41.3 Å². The van der Waals surface area contributed by atoms with Gasteiger partial charge in [0.1, 0.15) is 41.9 Å². The van der Waals surface area contributed by atoms with Crippen LogP contribution in [0.2, 0.25) is 0 Å². The first kappa shape index (κ1) is 32.8. The molecule has 0 saturated carbocycles. The van der Waals surface area contributed by atoms with Gasteiger partial charge in [-0.2, -0.15) is 4.98 Å². The molecule has 0 aliphatic carbocycles. The number of methoxy groups -OCH3 is 1. The van der Waals surface area contributed by atoms with E-state index < -0.39 is 81.0 Å². The summed E-state index contributed by atoms with van der Waals surface area (Å²) in [5.74, 6) is -0.131. The molecule has 3 aliphatic rings. The maximum absolute atomic E-state index is 16.0. The number of nitrogens with one attached hydrogen (secondary N) is 1. The Kier molecular flexibility index (Phi) is 8.19. The average molecular weight is 737 g/mol. The van der Waals surface area contributed by atoms with E-state index in [1.165, 1.54) is 35.8 Å². The fourth-order valence-electron chi connectivity index (χ4n) is 5.74. The molecule has 2 bridgehead atoms. The number of imidazole rings is 2. The van der Waals surface area contributed by atoms with Crippen LogP contribution < -0.4 is 17.0 Å². The largest absolute Gasteiger partial charge is 0.386 e. The van der Waals surface area contributed by atoms with Gasteiger partial charge in [-0.05, 0) is 6.92 Å². The zero-order chi connectivity index (χ0) is 33.5. The minimum absolute atomic E-state index is 0.0803. The number of thiol groups is 2. The molecule has 7 rings (SSSR count). The second kappa shape index (κ2) is 11.7. The van der Waals surface area contributed by atoms with Crippen LogP contribution in [-0.4, -0.2) is 95.6 Å². The average Bonchev–Trinajstić information content (AvgIpc) is 3.75. The number of nitrogen functional groups attached to an aromatic ring is 2. The Bertz CT molecular complexity index is 2020. The molecule has 4 aromatic rings. The number of H-pyrrole nitrogens is 1. The number of halogens is 1. The lowest BCUT2D eigenvalue weighted by Crippen LogP contribution is -2.46. The maximum Gasteiger partial charge on any atom is 0.386 e. The van der Waals surface area contributed by atoms with Gasteiger partial charge in [-0.25, -0.2) is 33.5 Å². The van der Waals surface area contributed by atoms with Crippen molar-refractivity contribution in [1.82, 2.24) is 39.0 Å². The molecule has 3 fully saturated rings. The highest BCUT2D eigenvalue weighted by Crippen LogP contribution is 2.62. The smallest absolute Gasteiger partial charge is 0.382 e. The molecule has 7 heterocycles. The Hall–Kier alpha value is -2.69. The van der Waals surface area contributed by atoms with Crippen molar-refractivity contribution in [3.8, 4) is 0 Å². The number of nitrogens with zero attached hydrogens (tertiary/aromatic N) is 7. The van der Waals surface area contributed by atoms with E-state index in [0.29, 0.717) is 0 Å². The van der Waals surface area contributed by atoms with Crippen LogP contribution in [0.5, 0.6) is 0 Å². The Labute approximate surface area is 273 Å². The first-order valence-corrected chi connectivity index (χ1v) is 19.1. The van der Waals surface area contributed by atoms with Crippen LogP contribution in [0.15, 0.2) is 23.8 Å². The van der Waals surface area contributed by atoms with E-state index in [1.54, 1.807) is 0 Å². The van der Waals surface area contributed by atoms with Crippen molar-refractivity contribution in [2.75, 3.05) is 31.8 Å². The molecule has 5 N–H and O–H groups in total. The molecule has 0 radical (unpaired) electrons. The summed E-state index contributed by atoms with van der Waals surface area (Å²) in [6.45, 7) is -8.57. The normalized spacial score (nSPS) is 38.2. The second-order valence-electron chi connectivity index (χ2n) is 11.0. The van der Waals surface area contributed by atoms with E-state index in [0.717, 1.165) is 6.33 Å². The number of nitrogens with two attached hydrogens (primary N) is 2. The summed E-state index contributed by atoms with van der Waals surface area (Å²) in [7, 11) is 1.36. The van der Waals surface area contributed by atoms with Gasteiger partial charge in [-0.3, -0.25) is 37.0 Å². The first-order chi connectivity index (χ1) is 22.2. The fraction of sp³-hybridized carbons (Fsp3) is 0.545. The number of hydrogen-bond acceptors (Lipinski definition) is 17. The Morgan fingerprint density at radius 3 is 2.49 bits per heavy atom. The summed E-state index contributed by atoms with van der Waals surface area (Å²) in [6.07, 6.45) is -6.28. The van der Waals surface area contributed by atoms with Crippen molar-refractivity contribution in [3.05, 3.63) is 29.3 Å². The van der Waals surface area contributed by atoms with Gasteiger partial charge in [0.25, 0.3) is 5.56 Å². The SMILES string of the molecule is CO[C@H]1[C@H](n2cnc3c(N)ncnc32)O[C@]2(C)CO[P@@](=O)(S)O[C@@H]3[C@H](F)[C@@H](CO[P@@](=O)(S)O[C@@H]12)O[C@H]3n1cnc2c(=O)[nH]c(N)nc21. The zero-order valence-electron chi connectivity index (χ0n) is 24.2. The topological polar surface area (TPSA) is 258 Å². The van der Waals surface area contributed by atoms with Crippen LogP contribution in [0.4, 0.5) is 16.2 Å². The second-order valence-corrected chi connectivity index (χ2v) is 16.7. The quantitative estimate of drug-likeness (QED) is 0.148. The van der Waals surface area contributed by atoms with Crippen molar-refractivity contribution in [2.45, 2.75) is 55.6 Å². The van der Waals surface area contributed by atoms with Crippen LogP contribution in [0.3, 0.4) is 0 Å². The molecular weight excluding hydrogens is 709 g/mol. The molecule has 3 saturated heterocycles. The summed E-state index contributed by atoms with van der Waals surface area (Å²) in [5.41, 5.74) is 9.75. The molecule has 47 heavy (non-hydrogen) atoms. The van der Waals surface area contributed by atoms with Crippen LogP contribution in [0, 0.1) is 0 Å². The van der Waals surface area contributed by atoms with E-state index in [1.807, 2.05) is 0 Å². The van der Waals surface area contributed by atoms with Crippen molar-refractivity contribution in [2.24, 2.45) is 0 Å². The van der Waals surface area contributed by atoms with Gasteiger partial charge in [0.05, 0.1) is 25.9 Å². The van der Waals surface area contributed by atoms with Crippen molar-refractivity contribution in [1.29, 1.82) is 0 Å². The minimum Gasteiger partial charge on any atom is -0.382 e. The number of fused-ring (bicyclic) bond motifs is 5. The molecule has 0 amide bonds. The molecule has 10 atom stereocenters. The number of aromatic nitrogens is 8. The van der Waals surface area contributed by atoms with Crippen LogP contribution in [0.1, 0.15) is 19.4 Å². The van der Waals surface area contributed by atoms with Gasteiger partial charge in [-0.15, -0.1) is 0 Å². The summed E-state index contributed by atoms with van der Waals surface area (Å²) < 4.78 is 86.8. The summed E-state index contributed by atoms with van der Waals surface area (Å²) in [4.78, 5) is 35.2. The number of alkyl halides is 1. The van der Waals surface area contributed by atoms with Crippen molar-refractivity contribution in [3.63, 3.8) is 0 Å². The molecule has 3 aliphatic heterocycles. The summed E-state index contributed by atoms with van der Waals surface area (Å²) in [5, 5.41) is 0. The number of anilines is 2. The molecule has 20 nitrogen and oxygen atoms in total. The van der Waals surface area contributed by atoms with Crippen molar-refractivity contribution >= 4 is 72.2 Å².